The van der Waals surface area contributed by atoms with Gasteiger partial charge in [0.15, 0.2) is 0 Å². The molecule has 6 heteroatoms. The fourth-order valence-electron chi connectivity index (χ4n) is 1.47. The summed E-state index contributed by atoms with van der Waals surface area (Å²) in [7, 11) is 1.67. The first-order valence-corrected chi connectivity index (χ1v) is 5.22. The third kappa shape index (κ3) is 2.15. The molecule has 0 saturated heterocycles. The molecule has 88 valence electrons. The second-order valence-electron chi connectivity index (χ2n) is 3.49. The van der Waals surface area contributed by atoms with Crippen LogP contribution >= 0.6 is 0 Å². The molecular weight excluding hydrogens is 220 g/mol. The van der Waals surface area contributed by atoms with Crippen molar-refractivity contribution in [3.63, 3.8) is 0 Å². The zero-order chi connectivity index (χ0) is 12.3. The van der Waals surface area contributed by atoms with Gasteiger partial charge < -0.3 is 9.42 Å². The van der Waals surface area contributed by atoms with Gasteiger partial charge in [-0.3, -0.25) is 4.79 Å². The summed E-state index contributed by atoms with van der Waals surface area (Å²) in [5, 5.41) is 11.2. The van der Waals surface area contributed by atoms with Crippen LogP contribution in [0.2, 0.25) is 0 Å². The summed E-state index contributed by atoms with van der Waals surface area (Å²) in [6, 6.07) is 1.71. The van der Waals surface area contributed by atoms with E-state index < -0.39 is 0 Å². The molecule has 0 unspecified atom stereocenters. The van der Waals surface area contributed by atoms with E-state index in [1.54, 1.807) is 13.1 Å². The summed E-state index contributed by atoms with van der Waals surface area (Å²) in [6.45, 7) is 1.92. The number of aromatic nitrogens is 3. The van der Waals surface area contributed by atoms with E-state index in [4.69, 9.17) is 4.52 Å². The van der Waals surface area contributed by atoms with E-state index in [9.17, 15) is 4.79 Å². The Morgan fingerprint density at radius 3 is 2.94 bits per heavy atom. The lowest BCUT2D eigenvalue weighted by Gasteiger charge is -2.15. The van der Waals surface area contributed by atoms with Gasteiger partial charge in [0.05, 0.1) is 23.8 Å². The van der Waals surface area contributed by atoms with Crippen molar-refractivity contribution in [1.29, 1.82) is 0 Å². The Labute approximate surface area is 98.2 Å². The summed E-state index contributed by atoms with van der Waals surface area (Å²) in [4.78, 5) is 13.7. The van der Waals surface area contributed by atoms with Crippen molar-refractivity contribution >= 4 is 11.6 Å². The van der Waals surface area contributed by atoms with Gasteiger partial charge >= 0.3 is 0 Å². The molecule has 0 atom stereocenters. The average molecular weight is 232 g/mol. The molecule has 17 heavy (non-hydrogen) atoms. The fraction of sp³-hybridized carbons (Fsp3) is 0.273. The van der Waals surface area contributed by atoms with Crippen LogP contribution in [0.3, 0.4) is 0 Å². The number of amides is 1. The standard InChI is InChI=1S/C11H12N4O2/c1-3-10-9(7-17-14-10)11(16)15(2)8-4-5-12-13-6-8/h4-7H,3H2,1-2H3. The molecule has 0 aromatic carbocycles. The van der Waals surface area contributed by atoms with Crippen LogP contribution in [-0.2, 0) is 6.42 Å². The Kier molecular flexibility index (Phi) is 3.13. The first-order valence-electron chi connectivity index (χ1n) is 5.22. The van der Waals surface area contributed by atoms with Gasteiger partial charge in [-0.25, -0.2) is 0 Å². The number of hydrogen-bond acceptors (Lipinski definition) is 5. The van der Waals surface area contributed by atoms with Crippen LogP contribution in [-0.4, -0.2) is 28.3 Å². The minimum absolute atomic E-state index is 0.170. The van der Waals surface area contributed by atoms with Gasteiger partial charge in [-0.1, -0.05) is 12.1 Å². The molecule has 0 saturated carbocycles. The minimum atomic E-state index is -0.170. The fourth-order valence-corrected chi connectivity index (χ4v) is 1.47. The SMILES string of the molecule is CCc1nocc1C(=O)N(C)c1ccnnc1. The lowest BCUT2D eigenvalue weighted by atomic mass is 10.2. The summed E-state index contributed by atoms with van der Waals surface area (Å²) >= 11 is 0. The topological polar surface area (TPSA) is 72.1 Å². The molecule has 0 spiro atoms. The maximum atomic E-state index is 12.2. The predicted octanol–water partition coefficient (Wildman–Crippen LogP) is 1.30. The van der Waals surface area contributed by atoms with Crippen molar-refractivity contribution in [2.45, 2.75) is 13.3 Å². The molecule has 0 N–H and O–H groups in total. The third-order valence-electron chi connectivity index (χ3n) is 2.47. The molecule has 0 fully saturated rings. The highest BCUT2D eigenvalue weighted by Gasteiger charge is 2.19. The summed E-state index contributed by atoms with van der Waals surface area (Å²) in [5.74, 6) is -0.170. The van der Waals surface area contributed by atoms with Crippen molar-refractivity contribution in [2.24, 2.45) is 0 Å². The summed E-state index contributed by atoms with van der Waals surface area (Å²) in [5.41, 5.74) is 1.81. The van der Waals surface area contributed by atoms with Crippen molar-refractivity contribution in [3.05, 3.63) is 36.0 Å². The van der Waals surface area contributed by atoms with Gasteiger partial charge in [0.1, 0.15) is 11.8 Å². The Balaban J connectivity index is 2.27. The zero-order valence-electron chi connectivity index (χ0n) is 9.62. The van der Waals surface area contributed by atoms with Crippen LogP contribution in [0.5, 0.6) is 0 Å². The number of nitrogens with zero attached hydrogens (tertiary/aromatic N) is 4. The second kappa shape index (κ2) is 4.73. The van der Waals surface area contributed by atoms with Crippen LogP contribution in [0.15, 0.2) is 29.2 Å². The molecule has 0 radical (unpaired) electrons. The highest BCUT2D eigenvalue weighted by molar-refractivity contribution is 6.06. The number of carbonyl (C=O) groups excluding carboxylic acids is 1. The third-order valence-corrected chi connectivity index (χ3v) is 2.47. The predicted molar refractivity (Wildman–Crippen MR) is 60.6 cm³/mol. The maximum absolute atomic E-state index is 12.2. The number of rotatable bonds is 3. The minimum Gasteiger partial charge on any atom is -0.364 e. The zero-order valence-corrected chi connectivity index (χ0v) is 9.62. The van der Waals surface area contributed by atoms with Crippen LogP contribution < -0.4 is 4.90 Å². The van der Waals surface area contributed by atoms with Gasteiger partial charge in [-0.05, 0) is 12.5 Å². The van der Waals surface area contributed by atoms with E-state index in [1.807, 2.05) is 6.92 Å². The smallest absolute Gasteiger partial charge is 0.263 e. The Hall–Kier alpha value is -2.24. The van der Waals surface area contributed by atoms with Crippen molar-refractivity contribution in [1.82, 2.24) is 15.4 Å². The number of anilines is 1. The van der Waals surface area contributed by atoms with E-state index in [-0.39, 0.29) is 5.91 Å². The Bertz CT molecular complexity index is 509. The first kappa shape index (κ1) is 11.3. The summed E-state index contributed by atoms with van der Waals surface area (Å²) in [6.07, 6.45) is 5.08. The number of hydrogen-bond donors (Lipinski definition) is 0. The number of carbonyl (C=O) groups is 1. The van der Waals surface area contributed by atoms with Crippen LogP contribution in [0.1, 0.15) is 23.0 Å². The van der Waals surface area contributed by atoms with Gasteiger partial charge in [0, 0.05) is 7.05 Å². The van der Waals surface area contributed by atoms with Crippen LogP contribution in [0.25, 0.3) is 0 Å². The van der Waals surface area contributed by atoms with E-state index in [1.165, 1.54) is 23.6 Å². The van der Waals surface area contributed by atoms with Gasteiger partial charge in [-0.2, -0.15) is 10.2 Å². The van der Waals surface area contributed by atoms with Gasteiger partial charge in [0.25, 0.3) is 5.91 Å². The Morgan fingerprint density at radius 1 is 1.47 bits per heavy atom. The quantitative estimate of drug-likeness (QED) is 0.797. The Morgan fingerprint density at radius 2 is 2.29 bits per heavy atom. The molecule has 0 aliphatic heterocycles. The molecule has 0 aliphatic rings. The molecule has 0 aliphatic carbocycles. The summed E-state index contributed by atoms with van der Waals surface area (Å²) < 4.78 is 4.82. The highest BCUT2D eigenvalue weighted by atomic mass is 16.5. The maximum Gasteiger partial charge on any atom is 0.263 e. The monoisotopic (exact) mass is 232 g/mol. The number of aryl methyl sites for hydroxylation is 1. The average Bonchev–Trinajstić information content (AvgIpc) is 2.86. The molecular formula is C11H12N4O2. The van der Waals surface area contributed by atoms with E-state index in [0.717, 1.165) is 0 Å². The van der Waals surface area contributed by atoms with E-state index >= 15 is 0 Å². The van der Waals surface area contributed by atoms with Crippen molar-refractivity contribution in [3.8, 4) is 0 Å². The lowest BCUT2D eigenvalue weighted by molar-refractivity contribution is 0.0991. The van der Waals surface area contributed by atoms with Crippen LogP contribution in [0, 0.1) is 0 Å². The molecule has 2 aromatic heterocycles. The molecule has 6 nitrogen and oxygen atoms in total. The highest BCUT2D eigenvalue weighted by Crippen LogP contribution is 2.15. The molecule has 0 bridgehead atoms. The molecule has 2 aromatic rings. The normalized spacial score (nSPS) is 10.2. The second-order valence-corrected chi connectivity index (χ2v) is 3.49. The van der Waals surface area contributed by atoms with Crippen molar-refractivity contribution in [2.75, 3.05) is 11.9 Å². The van der Waals surface area contributed by atoms with Crippen molar-refractivity contribution < 1.29 is 9.32 Å². The molecule has 2 rings (SSSR count). The largest absolute Gasteiger partial charge is 0.364 e. The van der Waals surface area contributed by atoms with Gasteiger partial charge in [-0.15, -0.1) is 0 Å². The first-order chi connectivity index (χ1) is 8.24. The van der Waals surface area contributed by atoms with E-state index in [2.05, 4.69) is 15.4 Å². The molecule has 1 amide bonds. The lowest BCUT2D eigenvalue weighted by Crippen LogP contribution is -2.26. The van der Waals surface area contributed by atoms with E-state index in [0.29, 0.717) is 23.4 Å². The van der Waals surface area contributed by atoms with Gasteiger partial charge in [0.2, 0.25) is 0 Å². The van der Waals surface area contributed by atoms with Crippen LogP contribution in [0.4, 0.5) is 5.69 Å². The molecule has 2 heterocycles.